The number of benzene rings is 1. The van der Waals surface area contributed by atoms with Gasteiger partial charge in [-0.15, -0.1) is 37.2 Å². The number of ether oxygens (including phenoxy) is 1. The summed E-state index contributed by atoms with van der Waals surface area (Å²) in [6.45, 7) is 4.49. The lowest BCUT2D eigenvalue weighted by Crippen LogP contribution is -2.56. The minimum atomic E-state index is -0.682. The number of amides is 1. The average Bonchev–Trinajstić information content (AvgIpc) is 3.33. The molecule has 1 aromatic heterocycles. The predicted molar refractivity (Wildman–Crippen MR) is 190 cm³/mol. The molecule has 0 bridgehead atoms. The van der Waals surface area contributed by atoms with E-state index in [0.717, 1.165) is 56.2 Å². The van der Waals surface area contributed by atoms with Crippen molar-refractivity contribution in [3.05, 3.63) is 48.2 Å². The van der Waals surface area contributed by atoms with Crippen molar-refractivity contribution in [2.75, 3.05) is 43.0 Å². The number of carbonyl (C=O) groups is 1. The molecule has 0 spiro atoms. The molecular formula is C33H54Cl3N7O2. The summed E-state index contributed by atoms with van der Waals surface area (Å²) in [6.07, 6.45) is 16.5. The Morgan fingerprint density at radius 1 is 0.911 bits per heavy atom. The van der Waals surface area contributed by atoms with Crippen LogP contribution in [0, 0.1) is 0 Å². The van der Waals surface area contributed by atoms with Crippen LogP contribution in [0.4, 0.5) is 11.8 Å². The van der Waals surface area contributed by atoms with Crippen molar-refractivity contribution in [3.8, 4) is 0 Å². The van der Waals surface area contributed by atoms with Crippen molar-refractivity contribution in [1.82, 2.24) is 20.2 Å². The molecule has 2 aromatic rings. The fourth-order valence-electron chi connectivity index (χ4n) is 6.97. The molecule has 1 aromatic carbocycles. The van der Waals surface area contributed by atoms with Gasteiger partial charge in [-0.25, -0.2) is 4.98 Å². The Labute approximate surface area is 288 Å². The molecule has 2 saturated heterocycles. The highest BCUT2D eigenvalue weighted by Crippen LogP contribution is 2.31. The third-order valence-corrected chi connectivity index (χ3v) is 9.24. The third kappa shape index (κ3) is 12.0. The first kappa shape index (κ1) is 39.3. The summed E-state index contributed by atoms with van der Waals surface area (Å²) in [5.41, 5.74) is 7.25. The van der Waals surface area contributed by atoms with Gasteiger partial charge in [0.05, 0.1) is 13.2 Å². The highest BCUT2D eigenvalue weighted by atomic mass is 35.5. The molecular weight excluding hydrogens is 633 g/mol. The van der Waals surface area contributed by atoms with E-state index in [1.807, 2.05) is 42.6 Å². The fourth-order valence-corrected chi connectivity index (χ4v) is 6.97. The van der Waals surface area contributed by atoms with Crippen LogP contribution < -0.4 is 21.3 Å². The van der Waals surface area contributed by atoms with Gasteiger partial charge in [0.15, 0.2) is 0 Å². The van der Waals surface area contributed by atoms with Crippen LogP contribution in [0.5, 0.6) is 0 Å². The molecule has 1 saturated carbocycles. The van der Waals surface area contributed by atoms with Crippen molar-refractivity contribution in [1.29, 1.82) is 0 Å². The summed E-state index contributed by atoms with van der Waals surface area (Å²) >= 11 is 0. The number of hydrogen-bond donors (Lipinski definition) is 3. The molecule has 2 unspecified atom stereocenters. The predicted octanol–water partition coefficient (Wildman–Crippen LogP) is 5.75. The van der Waals surface area contributed by atoms with E-state index in [1.54, 1.807) is 0 Å². The Kier molecular flexibility index (Phi) is 18.4. The van der Waals surface area contributed by atoms with Crippen molar-refractivity contribution in [2.45, 2.75) is 108 Å². The highest BCUT2D eigenvalue weighted by Gasteiger charge is 2.36. The normalized spacial score (nSPS) is 21.7. The Morgan fingerprint density at radius 2 is 1.62 bits per heavy atom. The summed E-state index contributed by atoms with van der Waals surface area (Å²) in [6, 6.07) is 12.5. The third-order valence-electron chi connectivity index (χ3n) is 9.24. The molecule has 2 aliphatic heterocycles. The minimum Gasteiger partial charge on any atom is -0.375 e. The Morgan fingerprint density at radius 3 is 2.36 bits per heavy atom. The van der Waals surface area contributed by atoms with Crippen molar-refractivity contribution in [2.24, 2.45) is 5.73 Å². The van der Waals surface area contributed by atoms with Crippen molar-refractivity contribution < 1.29 is 9.53 Å². The van der Waals surface area contributed by atoms with Gasteiger partial charge in [0.25, 0.3) is 0 Å². The molecule has 5 rings (SSSR count). The van der Waals surface area contributed by atoms with Gasteiger partial charge in [-0.3, -0.25) is 9.69 Å². The number of piperidine rings is 1. The topological polar surface area (TPSA) is 109 Å². The first-order valence-electron chi connectivity index (χ1n) is 16.4. The smallest absolute Gasteiger partial charge is 0.239 e. The fraction of sp³-hybridized carbons (Fsp3) is 0.667. The van der Waals surface area contributed by atoms with Crippen LogP contribution in [0.15, 0.2) is 42.6 Å². The highest BCUT2D eigenvalue weighted by molar-refractivity contribution is 5.86. The molecule has 3 fully saturated rings. The average molecular weight is 687 g/mol. The number of aromatic nitrogens is 2. The molecule has 4 N–H and O–H groups in total. The SMILES string of the molecule is Cl.Cl.Cl.N[C@@H](COCc1ccccc1)C(=O)NCCC1C(Nc2nccc(N3CCCCCC3)n2)CCCN1C1CCCCC1. The van der Waals surface area contributed by atoms with E-state index >= 15 is 0 Å². The Bertz CT molecular complexity index is 1090. The number of likely N-dealkylation sites (tertiary alicyclic amines) is 1. The van der Waals surface area contributed by atoms with E-state index in [2.05, 4.69) is 25.4 Å². The van der Waals surface area contributed by atoms with Crippen molar-refractivity contribution in [3.63, 3.8) is 0 Å². The zero-order valence-corrected chi connectivity index (χ0v) is 28.9. The van der Waals surface area contributed by atoms with Gasteiger partial charge in [-0.2, -0.15) is 4.98 Å². The lowest BCUT2D eigenvalue weighted by atomic mass is 9.87. The lowest BCUT2D eigenvalue weighted by Gasteiger charge is -2.47. The van der Waals surface area contributed by atoms with Gasteiger partial charge >= 0.3 is 0 Å². The maximum Gasteiger partial charge on any atom is 0.239 e. The second kappa shape index (κ2) is 21.1. The van der Waals surface area contributed by atoms with E-state index in [1.165, 1.54) is 57.8 Å². The van der Waals surface area contributed by atoms with Gasteiger partial charge < -0.3 is 26.0 Å². The van der Waals surface area contributed by atoms with E-state index in [4.69, 9.17) is 15.5 Å². The molecule has 3 heterocycles. The van der Waals surface area contributed by atoms with Crippen LogP contribution in [0.1, 0.15) is 82.6 Å². The zero-order valence-electron chi connectivity index (χ0n) is 26.5. The number of anilines is 2. The number of nitrogens with two attached hydrogens (primary N) is 1. The van der Waals surface area contributed by atoms with Crippen LogP contribution >= 0.6 is 37.2 Å². The number of halogens is 3. The van der Waals surface area contributed by atoms with Gasteiger partial charge in [0, 0.05) is 44.0 Å². The van der Waals surface area contributed by atoms with Gasteiger partial charge in [-0.1, -0.05) is 62.4 Å². The second-order valence-electron chi connectivity index (χ2n) is 12.3. The summed E-state index contributed by atoms with van der Waals surface area (Å²) in [5.74, 6) is 1.60. The van der Waals surface area contributed by atoms with Crippen LogP contribution in [0.2, 0.25) is 0 Å². The minimum absolute atomic E-state index is 0. The molecule has 45 heavy (non-hydrogen) atoms. The Balaban J connectivity index is 0.00000235. The zero-order chi connectivity index (χ0) is 29.0. The van der Waals surface area contributed by atoms with Crippen LogP contribution in [-0.4, -0.2) is 77.7 Å². The molecule has 12 heteroatoms. The van der Waals surface area contributed by atoms with E-state index in [9.17, 15) is 4.79 Å². The van der Waals surface area contributed by atoms with Gasteiger partial charge in [0.2, 0.25) is 11.9 Å². The molecule has 3 atom stereocenters. The standard InChI is InChI=1S/C33H51N7O2.3ClH/c34-28(25-42-24-26-12-5-3-6-13-26)32(41)35-19-17-30-29(16-11-23-40(30)27-14-7-4-8-15-27)37-33-36-20-18-31(38-33)39-21-9-1-2-10-22-39;;;/h3,5-6,12-13,18,20,27-30H,1-2,4,7-11,14-17,19,21-25,34H2,(H,35,41)(H,36,37,38);3*1H/t28-,29?,30?;;;/m0.../s1. The Hall–Kier alpha value is -1.88. The summed E-state index contributed by atoms with van der Waals surface area (Å²) in [4.78, 5) is 27.6. The molecule has 1 aliphatic carbocycles. The lowest BCUT2D eigenvalue weighted by molar-refractivity contribution is -0.123. The number of hydrogen-bond acceptors (Lipinski definition) is 8. The summed E-state index contributed by atoms with van der Waals surface area (Å²) in [5, 5.41) is 6.86. The summed E-state index contributed by atoms with van der Waals surface area (Å²) in [7, 11) is 0. The number of nitrogens with one attached hydrogen (secondary N) is 2. The number of nitrogens with zero attached hydrogens (tertiary/aromatic N) is 4. The maximum atomic E-state index is 12.8. The molecule has 0 radical (unpaired) electrons. The molecule has 9 nitrogen and oxygen atoms in total. The quantitative estimate of drug-likeness (QED) is 0.259. The molecule has 1 amide bonds. The monoisotopic (exact) mass is 685 g/mol. The van der Waals surface area contributed by atoms with Crippen LogP contribution in [-0.2, 0) is 16.1 Å². The van der Waals surface area contributed by atoms with Crippen molar-refractivity contribution >= 4 is 54.9 Å². The summed E-state index contributed by atoms with van der Waals surface area (Å²) < 4.78 is 5.72. The first-order chi connectivity index (χ1) is 20.7. The maximum absolute atomic E-state index is 12.8. The van der Waals surface area contributed by atoms with Gasteiger partial charge in [0.1, 0.15) is 11.9 Å². The van der Waals surface area contributed by atoms with E-state index < -0.39 is 6.04 Å². The van der Waals surface area contributed by atoms with Crippen LogP contribution in [0.3, 0.4) is 0 Å². The number of carbonyl (C=O) groups excluding carboxylic acids is 1. The van der Waals surface area contributed by atoms with E-state index in [-0.39, 0.29) is 55.8 Å². The van der Waals surface area contributed by atoms with Gasteiger partial charge in [-0.05, 0) is 63.1 Å². The largest absolute Gasteiger partial charge is 0.375 e. The molecule has 3 aliphatic rings. The number of rotatable bonds is 12. The molecule has 254 valence electrons. The second-order valence-corrected chi connectivity index (χ2v) is 12.3. The van der Waals surface area contributed by atoms with Crippen LogP contribution in [0.25, 0.3) is 0 Å². The van der Waals surface area contributed by atoms with E-state index in [0.29, 0.717) is 25.2 Å². The first-order valence-corrected chi connectivity index (χ1v) is 16.4.